The minimum absolute atomic E-state index is 0.125. The summed E-state index contributed by atoms with van der Waals surface area (Å²) in [5.74, 6) is -1.64. The minimum Gasteiger partial charge on any atom is -0.479 e. The number of hydrogen-bond acceptors (Lipinski definition) is 7. The highest BCUT2D eigenvalue weighted by Gasteiger charge is 2.49. The van der Waals surface area contributed by atoms with Gasteiger partial charge in [-0.15, -0.1) is 0 Å². The molecule has 0 radical (unpaired) electrons. The molecule has 0 amide bonds. The number of aliphatic hydroxyl groups is 3. The molecule has 21 heavy (non-hydrogen) atoms. The van der Waals surface area contributed by atoms with Gasteiger partial charge in [-0.05, 0) is 22.6 Å². The monoisotopic (exact) mass is 414 g/mol. The number of hydrogen-bond donors (Lipinski definition) is 5. The number of carbonyl (C=O) groups is 1. The number of nitrogens with one attached hydrogen (secondary N) is 1. The van der Waals surface area contributed by atoms with Crippen LogP contribution >= 0.6 is 22.6 Å². The third-order valence-corrected chi connectivity index (χ3v) is 3.81. The van der Waals surface area contributed by atoms with Crippen LogP contribution in [-0.4, -0.2) is 60.4 Å². The Labute approximate surface area is 129 Å². The highest BCUT2D eigenvalue weighted by atomic mass is 127. The highest BCUT2D eigenvalue weighted by Crippen LogP contribution is 2.30. The van der Waals surface area contributed by atoms with Crippen LogP contribution in [0.2, 0.25) is 0 Å². The summed E-state index contributed by atoms with van der Waals surface area (Å²) in [5, 5.41) is 37.7. The largest absolute Gasteiger partial charge is 0.479 e. The van der Waals surface area contributed by atoms with Gasteiger partial charge in [0, 0.05) is 6.20 Å². The summed E-state index contributed by atoms with van der Waals surface area (Å²) in [6.07, 6.45) is -7.38. The molecule has 1 saturated heterocycles. The molecule has 1 fully saturated rings. The molecule has 2 heterocycles. The molecule has 0 unspecified atom stereocenters. The molecule has 0 saturated carbocycles. The molecule has 1 aliphatic heterocycles. The number of aromatic amines is 1. The average Bonchev–Trinajstić information content (AvgIpc) is 2.70. The van der Waals surface area contributed by atoms with Gasteiger partial charge in [0.25, 0.3) is 5.56 Å². The second kappa shape index (κ2) is 5.84. The third kappa shape index (κ3) is 2.87. The van der Waals surface area contributed by atoms with Gasteiger partial charge < -0.3 is 25.2 Å². The SMILES string of the molecule is O=C(O)[C@H](O)[C@@H]1O[C@H](n2cc(I)c(=O)[nH]c2=O)[C@@H](O)[C@@H]1O. The zero-order valence-corrected chi connectivity index (χ0v) is 12.4. The molecule has 10 nitrogen and oxygen atoms in total. The number of nitrogens with zero attached hydrogens (tertiary/aromatic N) is 1. The smallest absolute Gasteiger partial charge is 0.335 e. The standard InChI is InChI=1S/C10H11IN2O8/c11-2-1-13(10(20)12-7(2)17)8-4(15)3(14)6(21-8)5(16)9(18)19/h1,3-6,8,14-16H,(H,18,19)(H,12,17,20)/t3-,4-,5+,6+,8-/m0/s1. The van der Waals surface area contributed by atoms with E-state index in [1.165, 1.54) is 0 Å². The van der Waals surface area contributed by atoms with Crippen LogP contribution in [0.25, 0.3) is 0 Å². The molecule has 1 aliphatic rings. The van der Waals surface area contributed by atoms with Crippen molar-refractivity contribution in [3.8, 4) is 0 Å². The molecule has 5 atom stereocenters. The minimum atomic E-state index is -2.07. The lowest BCUT2D eigenvalue weighted by Crippen LogP contribution is -2.42. The van der Waals surface area contributed by atoms with Crippen LogP contribution in [0.3, 0.4) is 0 Å². The molecule has 1 aromatic heterocycles. The van der Waals surface area contributed by atoms with Crippen LogP contribution in [0.4, 0.5) is 0 Å². The van der Waals surface area contributed by atoms with E-state index in [9.17, 15) is 29.7 Å². The molecule has 0 bridgehead atoms. The van der Waals surface area contributed by atoms with Crippen molar-refractivity contribution < 1.29 is 30.0 Å². The number of ether oxygens (including phenoxy) is 1. The first kappa shape index (κ1) is 16.1. The summed E-state index contributed by atoms with van der Waals surface area (Å²) >= 11 is 1.65. The first-order chi connectivity index (χ1) is 9.73. The predicted molar refractivity (Wildman–Crippen MR) is 73.6 cm³/mol. The van der Waals surface area contributed by atoms with Gasteiger partial charge in [-0.3, -0.25) is 14.3 Å². The van der Waals surface area contributed by atoms with E-state index in [1.54, 1.807) is 22.6 Å². The Hall–Kier alpha value is -1.28. The van der Waals surface area contributed by atoms with E-state index in [2.05, 4.69) is 0 Å². The van der Waals surface area contributed by atoms with Crippen molar-refractivity contribution in [3.63, 3.8) is 0 Å². The number of halogens is 1. The van der Waals surface area contributed by atoms with Gasteiger partial charge in [0.15, 0.2) is 12.3 Å². The summed E-state index contributed by atoms with van der Waals surface area (Å²) in [5.41, 5.74) is -1.53. The highest BCUT2D eigenvalue weighted by molar-refractivity contribution is 14.1. The van der Waals surface area contributed by atoms with Gasteiger partial charge >= 0.3 is 11.7 Å². The molecule has 116 valence electrons. The van der Waals surface area contributed by atoms with Gasteiger partial charge in [-0.25, -0.2) is 9.59 Å². The second-order valence-corrected chi connectivity index (χ2v) is 5.56. The van der Waals surface area contributed by atoms with Crippen LogP contribution in [0, 0.1) is 3.57 Å². The van der Waals surface area contributed by atoms with Crippen LogP contribution < -0.4 is 11.2 Å². The van der Waals surface area contributed by atoms with E-state index < -0.39 is 47.9 Å². The Morgan fingerprint density at radius 1 is 1.38 bits per heavy atom. The van der Waals surface area contributed by atoms with Crippen molar-refractivity contribution in [3.05, 3.63) is 30.6 Å². The molecule has 0 aliphatic carbocycles. The van der Waals surface area contributed by atoms with E-state index in [0.717, 1.165) is 10.8 Å². The lowest BCUT2D eigenvalue weighted by atomic mass is 10.1. The van der Waals surface area contributed by atoms with Crippen LogP contribution in [-0.2, 0) is 9.53 Å². The van der Waals surface area contributed by atoms with E-state index in [-0.39, 0.29) is 3.57 Å². The van der Waals surface area contributed by atoms with Crippen molar-refractivity contribution in [1.82, 2.24) is 9.55 Å². The van der Waals surface area contributed by atoms with Crippen molar-refractivity contribution >= 4 is 28.6 Å². The number of rotatable bonds is 3. The number of carboxylic acids is 1. The Morgan fingerprint density at radius 2 is 2.00 bits per heavy atom. The Bertz CT molecular complexity index is 670. The molecule has 5 N–H and O–H groups in total. The van der Waals surface area contributed by atoms with Crippen LogP contribution in [0.1, 0.15) is 6.23 Å². The molecule has 2 rings (SSSR count). The number of aliphatic hydroxyl groups excluding tert-OH is 3. The fourth-order valence-corrected chi connectivity index (χ4v) is 2.40. The van der Waals surface area contributed by atoms with E-state index >= 15 is 0 Å². The first-order valence-corrected chi connectivity index (χ1v) is 6.75. The quantitative estimate of drug-likeness (QED) is 0.332. The van der Waals surface area contributed by atoms with E-state index in [4.69, 9.17) is 9.84 Å². The van der Waals surface area contributed by atoms with Gasteiger partial charge in [-0.1, -0.05) is 0 Å². The summed E-state index contributed by atoms with van der Waals surface area (Å²) in [7, 11) is 0. The molecule has 11 heteroatoms. The fraction of sp³-hybridized carbons (Fsp3) is 0.500. The Balaban J connectivity index is 2.38. The number of H-pyrrole nitrogens is 1. The van der Waals surface area contributed by atoms with Crippen molar-refractivity contribution in [2.45, 2.75) is 30.6 Å². The molecule has 0 spiro atoms. The van der Waals surface area contributed by atoms with E-state index in [1.807, 2.05) is 4.98 Å². The summed E-state index contributed by atoms with van der Waals surface area (Å²) in [6.45, 7) is 0. The van der Waals surface area contributed by atoms with Gasteiger partial charge in [-0.2, -0.15) is 0 Å². The molecule has 1 aromatic rings. The Kier molecular flexibility index (Phi) is 4.48. The number of carboxylic acid groups (broad SMARTS) is 1. The molecular formula is C10H11IN2O8. The van der Waals surface area contributed by atoms with Gasteiger partial charge in [0.2, 0.25) is 0 Å². The lowest BCUT2D eigenvalue weighted by Gasteiger charge is -2.18. The average molecular weight is 414 g/mol. The van der Waals surface area contributed by atoms with Crippen molar-refractivity contribution in [2.24, 2.45) is 0 Å². The lowest BCUT2D eigenvalue weighted by molar-refractivity contribution is -0.160. The predicted octanol–water partition coefficient (Wildman–Crippen LogP) is -2.79. The fourth-order valence-electron chi connectivity index (χ4n) is 1.97. The van der Waals surface area contributed by atoms with Crippen molar-refractivity contribution in [1.29, 1.82) is 0 Å². The molecular weight excluding hydrogens is 403 g/mol. The maximum Gasteiger partial charge on any atom is 0.335 e. The van der Waals surface area contributed by atoms with Crippen LogP contribution in [0.5, 0.6) is 0 Å². The van der Waals surface area contributed by atoms with Crippen molar-refractivity contribution in [2.75, 3.05) is 0 Å². The third-order valence-electron chi connectivity index (χ3n) is 3.04. The zero-order chi connectivity index (χ0) is 15.9. The summed E-state index contributed by atoms with van der Waals surface area (Å²) in [6, 6.07) is 0. The maximum atomic E-state index is 11.7. The summed E-state index contributed by atoms with van der Waals surface area (Å²) in [4.78, 5) is 35.6. The zero-order valence-electron chi connectivity index (χ0n) is 10.2. The maximum absolute atomic E-state index is 11.7. The van der Waals surface area contributed by atoms with Crippen LogP contribution in [0.15, 0.2) is 15.8 Å². The second-order valence-electron chi connectivity index (χ2n) is 4.40. The first-order valence-electron chi connectivity index (χ1n) is 5.67. The Morgan fingerprint density at radius 3 is 2.57 bits per heavy atom. The van der Waals surface area contributed by atoms with E-state index in [0.29, 0.717) is 0 Å². The summed E-state index contributed by atoms with van der Waals surface area (Å²) < 4.78 is 6.01. The van der Waals surface area contributed by atoms with Gasteiger partial charge in [0.1, 0.15) is 18.3 Å². The molecule has 0 aromatic carbocycles. The number of aliphatic carboxylic acids is 1. The van der Waals surface area contributed by atoms with Gasteiger partial charge in [0.05, 0.1) is 3.57 Å². The normalized spacial score (nSPS) is 30.3. The topological polar surface area (TPSA) is 162 Å². The number of aromatic nitrogens is 2.